The molecule has 2 rings (SSSR count). The smallest absolute Gasteiger partial charge is 0.136 e. The van der Waals surface area contributed by atoms with Crippen LogP contribution in [0.25, 0.3) is 0 Å². The molecule has 1 atom stereocenters. The minimum Gasteiger partial charge on any atom is -0.466 e. The molecule has 19 heavy (non-hydrogen) atoms. The van der Waals surface area contributed by atoms with Gasteiger partial charge in [-0.3, -0.25) is 0 Å². The van der Waals surface area contributed by atoms with Gasteiger partial charge >= 0.3 is 0 Å². The number of aliphatic hydroxyl groups is 1. The van der Waals surface area contributed by atoms with Crippen molar-refractivity contribution in [3.8, 4) is 0 Å². The van der Waals surface area contributed by atoms with Crippen molar-refractivity contribution in [2.45, 2.75) is 39.8 Å². The summed E-state index contributed by atoms with van der Waals surface area (Å²) in [6, 6.07) is 5.67. The predicted molar refractivity (Wildman–Crippen MR) is 72.9 cm³/mol. The molecule has 0 radical (unpaired) electrons. The first kappa shape index (κ1) is 13.9. The van der Waals surface area contributed by atoms with Crippen LogP contribution in [0.15, 0.2) is 27.0 Å². The van der Waals surface area contributed by atoms with Crippen LogP contribution < -0.4 is 5.32 Å². The topological polar surface area (TPSA) is 58.5 Å². The summed E-state index contributed by atoms with van der Waals surface area (Å²) in [5.41, 5.74) is 0.102. The van der Waals surface area contributed by atoms with Gasteiger partial charge in [0.05, 0.1) is 0 Å². The second-order valence-electron chi connectivity index (χ2n) is 5.23. The lowest BCUT2D eigenvalue weighted by Gasteiger charge is -2.21. The summed E-state index contributed by atoms with van der Waals surface area (Å²) in [5.74, 6) is 3.20. The minimum absolute atomic E-state index is 0.420. The maximum Gasteiger partial charge on any atom is 0.136 e. The molecule has 0 fully saturated rings. The molecule has 0 spiro atoms. The van der Waals surface area contributed by atoms with Crippen molar-refractivity contribution < 1.29 is 13.9 Å². The van der Waals surface area contributed by atoms with Gasteiger partial charge in [-0.25, -0.2) is 0 Å². The molecule has 0 aliphatic carbocycles. The van der Waals surface area contributed by atoms with E-state index >= 15 is 0 Å². The van der Waals surface area contributed by atoms with Crippen LogP contribution in [0.3, 0.4) is 0 Å². The van der Waals surface area contributed by atoms with Gasteiger partial charge in [-0.2, -0.15) is 0 Å². The monoisotopic (exact) mass is 263 g/mol. The summed E-state index contributed by atoms with van der Waals surface area (Å²) < 4.78 is 10.9. The van der Waals surface area contributed by atoms with Crippen molar-refractivity contribution in [1.82, 2.24) is 5.32 Å². The van der Waals surface area contributed by atoms with E-state index in [1.807, 2.05) is 39.0 Å². The van der Waals surface area contributed by atoms with Gasteiger partial charge in [0.25, 0.3) is 0 Å². The Kier molecular flexibility index (Phi) is 3.83. The Balaban J connectivity index is 1.93. The van der Waals surface area contributed by atoms with Gasteiger partial charge in [0, 0.05) is 18.7 Å². The van der Waals surface area contributed by atoms with E-state index in [-0.39, 0.29) is 0 Å². The van der Waals surface area contributed by atoms with E-state index in [1.165, 1.54) is 0 Å². The quantitative estimate of drug-likeness (QED) is 0.871. The maximum atomic E-state index is 10.4. The summed E-state index contributed by atoms with van der Waals surface area (Å²) in [6.07, 6.45) is 0. The molecular weight excluding hydrogens is 242 g/mol. The van der Waals surface area contributed by atoms with Crippen LogP contribution in [0.1, 0.15) is 35.5 Å². The molecule has 2 aromatic rings. The molecule has 0 saturated carbocycles. The SMILES string of the molecule is Cc1ccc(C(C)(O)CNCc2cc(C)oc2C)o1. The van der Waals surface area contributed by atoms with Crippen LogP contribution in [0.5, 0.6) is 0 Å². The Morgan fingerprint density at radius 3 is 2.42 bits per heavy atom. The zero-order valence-corrected chi connectivity index (χ0v) is 11.9. The highest BCUT2D eigenvalue weighted by Crippen LogP contribution is 2.22. The molecule has 104 valence electrons. The number of hydrogen-bond donors (Lipinski definition) is 2. The van der Waals surface area contributed by atoms with E-state index < -0.39 is 5.60 Å². The minimum atomic E-state index is -1.01. The Morgan fingerprint density at radius 2 is 1.89 bits per heavy atom. The van der Waals surface area contributed by atoms with Crippen molar-refractivity contribution in [2.24, 2.45) is 0 Å². The standard InChI is InChI=1S/C15H21NO3/c1-10-5-6-14(19-10)15(4,17)9-16-8-13-7-11(2)18-12(13)3/h5-7,16-17H,8-9H2,1-4H3. The third kappa shape index (κ3) is 3.28. The number of nitrogens with one attached hydrogen (secondary N) is 1. The molecule has 1 unspecified atom stereocenters. The number of aryl methyl sites for hydroxylation is 3. The summed E-state index contributed by atoms with van der Waals surface area (Å²) in [7, 11) is 0. The van der Waals surface area contributed by atoms with Crippen LogP contribution in [-0.4, -0.2) is 11.7 Å². The molecule has 4 nitrogen and oxygen atoms in total. The number of rotatable bonds is 5. The van der Waals surface area contributed by atoms with Gasteiger partial charge in [0.2, 0.25) is 0 Å². The van der Waals surface area contributed by atoms with Crippen molar-refractivity contribution >= 4 is 0 Å². The van der Waals surface area contributed by atoms with E-state index in [0.717, 1.165) is 22.8 Å². The molecular formula is C15H21NO3. The highest BCUT2D eigenvalue weighted by molar-refractivity contribution is 5.20. The summed E-state index contributed by atoms with van der Waals surface area (Å²) in [6.45, 7) is 8.56. The molecule has 4 heteroatoms. The first-order valence-corrected chi connectivity index (χ1v) is 6.44. The van der Waals surface area contributed by atoms with Crippen molar-refractivity contribution in [2.75, 3.05) is 6.54 Å². The lowest BCUT2D eigenvalue weighted by Crippen LogP contribution is -2.34. The van der Waals surface area contributed by atoms with Gasteiger partial charge < -0.3 is 19.3 Å². The summed E-state index contributed by atoms with van der Waals surface area (Å²) in [5, 5.41) is 13.6. The summed E-state index contributed by atoms with van der Waals surface area (Å²) >= 11 is 0. The van der Waals surface area contributed by atoms with Crippen LogP contribution >= 0.6 is 0 Å². The molecule has 2 aromatic heterocycles. The Bertz CT molecular complexity index is 551. The first-order valence-electron chi connectivity index (χ1n) is 6.44. The van der Waals surface area contributed by atoms with Crippen LogP contribution in [0.4, 0.5) is 0 Å². The van der Waals surface area contributed by atoms with E-state index in [9.17, 15) is 5.11 Å². The zero-order valence-electron chi connectivity index (χ0n) is 11.9. The van der Waals surface area contributed by atoms with Crippen LogP contribution in [0, 0.1) is 20.8 Å². The molecule has 0 amide bonds. The first-order chi connectivity index (χ1) is 8.88. The van der Waals surface area contributed by atoms with Crippen molar-refractivity contribution in [3.63, 3.8) is 0 Å². The molecule has 0 aliphatic rings. The third-order valence-electron chi connectivity index (χ3n) is 3.20. The average Bonchev–Trinajstić information content (AvgIpc) is 2.86. The van der Waals surface area contributed by atoms with Crippen LogP contribution in [0.2, 0.25) is 0 Å². The fourth-order valence-corrected chi connectivity index (χ4v) is 2.11. The molecule has 0 aromatic carbocycles. The van der Waals surface area contributed by atoms with E-state index in [0.29, 0.717) is 18.8 Å². The lowest BCUT2D eigenvalue weighted by atomic mass is 10.0. The molecule has 2 N–H and O–H groups in total. The Morgan fingerprint density at radius 1 is 1.16 bits per heavy atom. The van der Waals surface area contributed by atoms with E-state index in [2.05, 4.69) is 5.32 Å². The molecule has 0 bridgehead atoms. The summed E-state index contributed by atoms with van der Waals surface area (Å²) in [4.78, 5) is 0. The average molecular weight is 263 g/mol. The highest BCUT2D eigenvalue weighted by atomic mass is 16.4. The Hall–Kier alpha value is -1.52. The second-order valence-corrected chi connectivity index (χ2v) is 5.23. The fraction of sp³-hybridized carbons (Fsp3) is 0.467. The maximum absolute atomic E-state index is 10.4. The largest absolute Gasteiger partial charge is 0.466 e. The molecule has 0 saturated heterocycles. The van der Waals surface area contributed by atoms with Gasteiger partial charge in [-0.1, -0.05) is 0 Å². The highest BCUT2D eigenvalue weighted by Gasteiger charge is 2.26. The zero-order chi connectivity index (χ0) is 14.0. The predicted octanol–water partition coefficient (Wildman–Crippen LogP) is 2.80. The van der Waals surface area contributed by atoms with Gasteiger partial charge in [-0.15, -0.1) is 0 Å². The Labute approximate surface area is 113 Å². The third-order valence-corrected chi connectivity index (χ3v) is 3.20. The van der Waals surface area contributed by atoms with Gasteiger partial charge in [-0.05, 0) is 45.9 Å². The van der Waals surface area contributed by atoms with E-state index in [1.54, 1.807) is 6.92 Å². The second kappa shape index (κ2) is 5.23. The van der Waals surface area contributed by atoms with Crippen molar-refractivity contribution in [3.05, 3.63) is 46.8 Å². The fourth-order valence-electron chi connectivity index (χ4n) is 2.11. The molecule has 0 aliphatic heterocycles. The molecule has 2 heterocycles. The van der Waals surface area contributed by atoms with Gasteiger partial charge in [0.15, 0.2) is 0 Å². The van der Waals surface area contributed by atoms with Crippen molar-refractivity contribution in [1.29, 1.82) is 0 Å². The lowest BCUT2D eigenvalue weighted by molar-refractivity contribution is 0.0332. The number of furan rings is 2. The van der Waals surface area contributed by atoms with Crippen LogP contribution in [-0.2, 0) is 12.1 Å². The normalized spacial score (nSPS) is 14.6. The number of hydrogen-bond acceptors (Lipinski definition) is 4. The van der Waals surface area contributed by atoms with E-state index in [4.69, 9.17) is 8.83 Å². The van der Waals surface area contributed by atoms with Gasteiger partial charge in [0.1, 0.15) is 28.6 Å².